The fourth-order valence-electron chi connectivity index (χ4n) is 16.2. The highest BCUT2D eigenvalue weighted by molar-refractivity contribution is 8.14. The number of rotatable bonds is 49. The van der Waals surface area contributed by atoms with Gasteiger partial charge in [-0.25, -0.2) is 38.4 Å². The maximum Gasteiger partial charge on any atom is 0.410 e. The van der Waals surface area contributed by atoms with Crippen LogP contribution in [0.25, 0.3) is 0 Å². The molecule has 0 aromatic heterocycles. The topological polar surface area (TPSA) is 387 Å². The molecule has 150 heavy (non-hydrogen) atoms. The number of benzene rings is 6. The van der Waals surface area contributed by atoms with E-state index in [1.54, 1.807) is 144 Å². The molecule has 0 unspecified atom stereocenters. The molecule has 0 bridgehead atoms. The number of carbonyl (C=O) groups is 13. The van der Waals surface area contributed by atoms with Crippen LogP contribution in [0.2, 0.25) is 0 Å². The standard InChI is InChI=1S/C40H55N3O9S2.C36H51N3O7S2.C36H49N3O7S2/c1-9-19-50-38(47)43-26-32(54-39(48)52-40(4,5)6)23-31(43)25-42(35(44)17-20-49-7)30-16-15-29(22-28-13-11-10-12-14-28)33(24-30)36(45)41-34(18-21-53-8)37(46)51-27(2)3;1-24(2)45-34(42)31(16-18-47-7)38-33(41)30-21-28(14-13-26(30)19-25-11-9-8-10-12-25)39(32(40)15-17-44-6)23-27-20-29(22-37-27)48-35(43)46-36(3,4)5;1-8-17-44-34(42)39-23-29(48-35(43)46-36(4,5)6)21-28(39)22-37-27-15-14-26(19-25-12-10-9-11-13-25)30(20-27)32(40)38-31(16-18-47-7)33(41)45-24(2)3/h9-16,24,27,31-32,34H,1,17-23,25-26H2,2-8H3,(H,41,45);8-14,21,24,27,29,31,37H,15-20,22-23H2,1-7H3,(H,38,41);8-15,20,24,28-29,31,37H,1,16-19,21-23H2,2-7H3,(H,38,40)/t31-,32-,34-;27-,29-,31-;28-,29-,31-/m000/s1. The average Bonchev–Trinajstić information content (AvgIpc) is 1.38. The van der Waals surface area contributed by atoms with E-state index >= 15 is 0 Å². The first kappa shape index (κ1) is 126. The minimum absolute atomic E-state index is 0.000762. The summed E-state index contributed by atoms with van der Waals surface area (Å²) < 4.78 is 54.1. The van der Waals surface area contributed by atoms with E-state index in [4.69, 9.17) is 47.4 Å². The van der Waals surface area contributed by atoms with Gasteiger partial charge in [0.15, 0.2) is 0 Å². The lowest BCUT2D eigenvalue weighted by molar-refractivity contribution is -0.150. The molecule has 9 atom stereocenters. The first-order chi connectivity index (χ1) is 71.2. The normalized spacial score (nSPS) is 16.4. The zero-order valence-corrected chi connectivity index (χ0v) is 95.4. The number of hydrogen-bond acceptors (Lipinski definition) is 31. The molecule has 3 aliphatic rings. The summed E-state index contributed by atoms with van der Waals surface area (Å²) in [4.78, 5) is 179. The summed E-state index contributed by atoms with van der Waals surface area (Å²) >= 11 is 7.98. The second kappa shape index (κ2) is 64.3. The van der Waals surface area contributed by atoms with Gasteiger partial charge in [0.05, 0.1) is 56.5 Å². The number of carbonyl (C=O) groups excluding carboxylic acids is 13. The highest BCUT2D eigenvalue weighted by Gasteiger charge is 2.43. The number of nitrogens with one attached hydrogen (secondary N) is 5. The van der Waals surface area contributed by atoms with Gasteiger partial charge in [0.1, 0.15) is 48.1 Å². The summed E-state index contributed by atoms with van der Waals surface area (Å²) in [7, 11) is 3.05. The molecule has 0 radical (unpaired) electrons. The third-order valence-corrected chi connectivity index (χ3v) is 27.8. The Bertz CT molecular complexity index is 5380. The van der Waals surface area contributed by atoms with Crippen molar-refractivity contribution in [3.8, 4) is 0 Å². The van der Waals surface area contributed by atoms with Crippen molar-refractivity contribution in [1.82, 2.24) is 31.1 Å². The zero-order valence-electron chi connectivity index (χ0n) is 90.5. The number of likely N-dealkylation sites (tertiary alicyclic amines) is 2. The Morgan fingerprint density at radius 2 is 0.780 bits per heavy atom. The van der Waals surface area contributed by atoms with Gasteiger partial charge in [-0.2, -0.15) is 35.3 Å². The molecule has 822 valence electrons. The number of ether oxygens (including phenoxy) is 10. The maximum absolute atomic E-state index is 14.2. The van der Waals surface area contributed by atoms with Crippen molar-refractivity contribution in [1.29, 1.82) is 0 Å². The number of methoxy groups -OCH3 is 2. The SMILES string of the molecule is C=CCOC(=O)N1C[C@@H](SC(=O)OC(C)(C)C)C[C@H]1CN(C(=O)CCOC)c1ccc(Cc2ccccc2)c(C(=O)N[C@@H](CCSC)C(=O)OC(C)C)c1.C=CCOC(=O)N1C[C@@H](SC(=O)OC(C)(C)C)C[C@H]1CNc1ccc(Cc2ccccc2)c(C(=O)N[C@@H](CCSC)C(=O)OC(C)C)c1.COCCC(=O)N(C[C@@H]1C[C@H](SC(=O)OC(C)(C)C)CN1)c1ccc(Cc2ccccc2)c(C(=O)N[C@@H](CCSC)C(=O)OC(C)C)c1. The lowest BCUT2D eigenvalue weighted by Crippen LogP contribution is -2.46. The molecule has 0 aliphatic carbocycles. The first-order valence-electron chi connectivity index (χ1n) is 50.6. The highest BCUT2D eigenvalue weighted by Crippen LogP contribution is 2.37. The second-order valence-electron chi connectivity index (χ2n) is 40.1. The zero-order chi connectivity index (χ0) is 110. The summed E-state index contributed by atoms with van der Waals surface area (Å²) in [5, 5.41) is 13.9. The molecule has 3 heterocycles. The quantitative estimate of drug-likeness (QED) is 0.0134. The summed E-state index contributed by atoms with van der Waals surface area (Å²) in [5.41, 5.74) is 6.18. The van der Waals surface area contributed by atoms with Crippen LogP contribution in [-0.2, 0) is 90.6 Å². The average molecular weight is 2190 g/mol. The van der Waals surface area contributed by atoms with E-state index in [-0.39, 0.29) is 122 Å². The van der Waals surface area contributed by atoms with Crippen LogP contribution in [0.5, 0.6) is 0 Å². The molecule has 3 saturated heterocycles. The Morgan fingerprint density at radius 3 is 1.13 bits per heavy atom. The Balaban J connectivity index is 0.000000305. The van der Waals surface area contributed by atoms with Gasteiger partial charge in [-0.15, -0.1) is 0 Å². The predicted molar refractivity (Wildman–Crippen MR) is 602 cm³/mol. The van der Waals surface area contributed by atoms with Crippen molar-refractivity contribution in [2.24, 2.45) is 0 Å². The molecule has 6 aromatic rings. The highest BCUT2D eigenvalue weighted by atomic mass is 32.2. The van der Waals surface area contributed by atoms with Gasteiger partial charge in [0.2, 0.25) is 11.8 Å². The molecular weight excluding hydrogens is 2030 g/mol. The van der Waals surface area contributed by atoms with Crippen LogP contribution in [-0.4, -0.2) is 288 Å². The van der Waals surface area contributed by atoms with Crippen molar-refractivity contribution in [2.75, 3.05) is 131 Å². The fraction of sp³-hybridized carbons (Fsp3) is 0.527. The fourth-order valence-corrected chi connectivity index (χ4v) is 21.0. The molecule has 0 saturated carbocycles. The maximum atomic E-state index is 14.2. The van der Waals surface area contributed by atoms with Crippen molar-refractivity contribution >= 4 is 163 Å². The Kier molecular flexibility index (Phi) is 54.1. The van der Waals surface area contributed by atoms with Crippen molar-refractivity contribution in [2.45, 2.75) is 262 Å². The van der Waals surface area contributed by atoms with E-state index in [2.05, 4.69) is 39.7 Å². The van der Waals surface area contributed by atoms with Crippen LogP contribution in [0, 0.1) is 0 Å². The Morgan fingerprint density at radius 1 is 0.440 bits per heavy atom. The third-order valence-electron chi connectivity index (χ3n) is 23.0. The smallest absolute Gasteiger partial charge is 0.410 e. The largest absolute Gasteiger partial charge is 0.461 e. The molecule has 3 fully saturated rings. The van der Waals surface area contributed by atoms with Gasteiger partial charge in [-0.05, 0) is 303 Å². The van der Waals surface area contributed by atoms with Crippen molar-refractivity contribution in [3.63, 3.8) is 0 Å². The molecule has 5 N–H and O–H groups in total. The summed E-state index contributed by atoms with van der Waals surface area (Å²) in [6.07, 6.45) is 11.1. The van der Waals surface area contributed by atoms with Gasteiger partial charge in [0, 0.05) is 109 Å². The summed E-state index contributed by atoms with van der Waals surface area (Å²) in [6.45, 7) is 36.5. The van der Waals surface area contributed by atoms with Gasteiger partial charge < -0.3 is 93.6 Å². The van der Waals surface area contributed by atoms with Gasteiger partial charge >= 0.3 is 46.0 Å². The second-order valence-corrected chi connectivity index (χ2v) is 46.7. The predicted octanol–water partition coefficient (Wildman–Crippen LogP) is 19.7. The number of hydrogen-bond donors (Lipinski definition) is 5. The van der Waals surface area contributed by atoms with E-state index in [1.807, 2.05) is 182 Å². The number of esters is 3. The lowest BCUT2D eigenvalue weighted by atomic mass is 9.97. The molecule has 3 aliphatic heterocycles. The molecule has 0 spiro atoms. The van der Waals surface area contributed by atoms with E-state index < -0.39 is 93.5 Å². The number of amides is 7. The molecule has 32 nitrogen and oxygen atoms in total. The number of nitrogens with zero attached hydrogens (tertiary/aromatic N) is 4. The summed E-state index contributed by atoms with van der Waals surface area (Å²) in [5.74, 6) is -1.21. The number of anilines is 3. The van der Waals surface area contributed by atoms with E-state index in [1.165, 1.54) is 35.9 Å². The van der Waals surface area contributed by atoms with Gasteiger partial charge in [-0.3, -0.25) is 24.0 Å². The van der Waals surface area contributed by atoms with Crippen molar-refractivity contribution < 1.29 is 110 Å². The molecule has 6 aromatic carbocycles. The lowest BCUT2D eigenvalue weighted by Gasteiger charge is -2.31. The molecule has 38 heteroatoms. The van der Waals surface area contributed by atoms with Crippen LogP contribution < -0.4 is 36.4 Å². The van der Waals surface area contributed by atoms with Crippen LogP contribution >= 0.6 is 70.6 Å². The van der Waals surface area contributed by atoms with Crippen molar-refractivity contribution in [3.05, 3.63) is 221 Å². The van der Waals surface area contributed by atoms with Crippen LogP contribution in [0.1, 0.15) is 220 Å². The van der Waals surface area contributed by atoms with Crippen LogP contribution in [0.3, 0.4) is 0 Å². The van der Waals surface area contributed by atoms with Gasteiger partial charge in [0.25, 0.3) is 17.7 Å². The Hall–Kier alpha value is -10.7. The third kappa shape index (κ3) is 45.3. The summed E-state index contributed by atoms with van der Waals surface area (Å²) in [6, 6.07) is 42.2. The minimum Gasteiger partial charge on any atom is -0.461 e. The molecule has 9 rings (SSSR count). The first-order valence-corrected chi connectivity index (χ1v) is 57.4. The van der Waals surface area contributed by atoms with Gasteiger partial charge in [-0.1, -0.05) is 135 Å². The molecular formula is C112H155N9O23S6. The number of thioether (sulfide) groups is 6. The Labute approximate surface area is 911 Å². The van der Waals surface area contributed by atoms with E-state index in [0.29, 0.717) is 141 Å². The molecule has 7 amide bonds. The van der Waals surface area contributed by atoms with E-state index in [0.717, 1.165) is 51.3 Å². The minimum atomic E-state index is -0.881. The van der Waals surface area contributed by atoms with Crippen LogP contribution in [0.15, 0.2) is 171 Å². The van der Waals surface area contributed by atoms with E-state index in [9.17, 15) is 62.3 Å². The monoisotopic (exact) mass is 2190 g/mol. The van der Waals surface area contributed by atoms with Crippen LogP contribution in [0.4, 0.5) is 41.0 Å².